The molecule has 0 saturated carbocycles. The molecule has 4 nitrogen and oxygen atoms in total. The minimum atomic E-state index is -1.20. The number of hydrogen-bond donors (Lipinski definition) is 0. The van der Waals surface area contributed by atoms with E-state index in [-0.39, 0.29) is 19.0 Å². The van der Waals surface area contributed by atoms with E-state index in [2.05, 4.69) is 6.58 Å². The Balaban J connectivity index is 2.72. The fourth-order valence-corrected chi connectivity index (χ4v) is 1.72. The van der Waals surface area contributed by atoms with Gasteiger partial charge in [-0.25, -0.2) is 0 Å². The van der Waals surface area contributed by atoms with Crippen LogP contribution in [0.3, 0.4) is 0 Å². The van der Waals surface area contributed by atoms with Crippen molar-refractivity contribution in [1.29, 1.82) is 0 Å². The van der Waals surface area contributed by atoms with Crippen LogP contribution in [0.15, 0.2) is 36.9 Å². The van der Waals surface area contributed by atoms with E-state index >= 15 is 0 Å². The second-order valence-corrected chi connectivity index (χ2v) is 5.16. The Bertz CT molecular complexity index is 517. The molecule has 4 heteroatoms. The highest BCUT2D eigenvalue weighted by molar-refractivity contribution is 6.03. The van der Waals surface area contributed by atoms with Crippen molar-refractivity contribution < 1.29 is 19.1 Å². The summed E-state index contributed by atoms with van der Waals surface area (Å²) in [6.45, 7) is 8.58. The molecule has 0 spiro atoms. The lowest BCUT2D eigenvalue weighted by molar-refractivity contribution is -0.158. The van der Waals surface area contributed by atoms with Gasteiger partial charge in [0.15, 0.2) is 5.78 Å². The minimum Gasteiger partial charge on any atom is -0.486 e. The minimum absolute atomic E-state index is 0.167. The molecule has 0 amide bonds. The smallest absolute Gasteiger partial charge is 0.319 e. The molecule has 1 aromatic carbocycles. The van der Waals surface area contributed by atoms with Gasteiger partial charge in [-0.2, -0.15) is 0 Å². The maximum Gasteiger partial charge on any atom is 0.319 e. The fourth-order valence-electron chi connectivity index (χ4n) is 1.72. The first kappa shape index (κ1) is 17.0. The summed E-state index contributed by atoms with van der Waals surface area (Å²) in [7, 11) is 0. The Morgan fingerprint density at radius 3 is 2.57 bits per heavy atom. The number of carbonyl (C=O) groups is 2. The Hall–Kier alpha value is -2.10. The maximum absolute atomic E-state index is 12.2. The number of hydrogen-bond acceptors (Lipinski definition) is 4. The molecule has 0 aromatic heterocycles. The molecule has 0 N–H and O–H groups in total. The Morgan fingerprint density at radius 1 is 1.29 bits per heavy atom. The van der Waals surface area contributed by atoms with E-state index in [1.165, 1.54) is 0 Å². The van der Waals surface area contributed by atoms with Crippen LogP contribution in [0.2, 0.25) is 0 Å². The molecule has 0 atom stereocenters. The van der Waals surface area contributed by atoms with Gasteiger partial charge in [0.2, 0.25) is 0 Å². The summed E-state index contributed by atoms with van der Waals surface area (Å²) in [6.07, 6.45) is 2.43. The van der Waals surface area contributed by atoms with Gasteiger partial charge in [0, 0.05) is 0 Å². The Morgan fingerprint density at radius 2 is 1.95 bits per heavy atom. The second kappa shape index (κ2) is 7.62. The normalized spacial score (nSPS) is 10.8. The van der Waals surface area contributed by atoms with Crippen LogP contribution >= 0.6 is 0 Å². The monoisotopic (exact) mass is 290 g/mol. The average Bonchev–Trinajstić information content (AvgIpc) is 2.46. The third-order valence-electron chi connectivity index (χ3n) is 3.18. The SMILES string of the molecule is C=CCc1ccccc1OCC(=O)C(C)(C)C(=O)OCC. The standard InChI is InChI=1S/C17H22O4/c1-5-9-13-10-7-8-11-14(13)21-12-15(18)17(3,4)16(19)20-6-2/h5,7-8,10-11H,1,6,9,12H2,2-4H3. The summed E-state index contributed by atoms with van der Waals surface area (Å²) < 4.78 is 10.5. The van der Waals surface area contributed by atoms with E-state index in [0.29, 0.717) is 12.2 Å². The number of allylic oxidation sites excluding steroid dienone is 1. The molecule has 0 aliphatic heterocycles. The predicted molar refractivity (Wildman–Crippen MR) is 81.3 cm³/mol. The molecule has 0 heterocycles. The Kier molecular flexibility index (Phi) is 6.15. The summed E-state index contributed by atoms with van der Waals surface area (Å²) in [5, 5.41) is 0. The molecule has 1 rings (SSSR count). The van der Waals surface area contributed by atoms with Crippen LogP contribution < -0.4 is 4.74 Å². The number of carbonyl (C=O) groups excluding carboxylic acids is 2. The van der Waals surface area contributed by atoms with Gasteiger partial charge >= 0.3 is 5.97 Å². The lowest BCUT2D eigenvalue weighted by atomic mass is 9.88. The third-order valence-corrected chi connectivity index (χ3v) is 3.18. The molecule has 0 saturated heterocycles. The van der Waals surface area contributed by atoms with E-state index in [4.69, 9.17) is 9.47 Å². The van der Waals surface area contributed by atoms with Crippen LogP contribution in [-0.2, 0) is 20.7 Å². The summed E-state index contributed by atoms with van der Waals surface area (Å²) in [4.78, 5) is 24.0. The topological polar surface area (TPSA) is 52.6 Å². The highest BCUT2D eigenvalue weighted by Crippen LogP contribution is 2.22. The number of esters is 1. The largest absolute Gasteiger partial charge is 0.486 e. The summed E-state index contributed by atoms with van der Waals surface area (Å²) in [6, 6.07) is 7.44. The molecule has 0 unspecified atom stereocenters. The quantitative estimate of drug-likeness (QED) is 0.419. The van der Waals surface area contributed by atoms with Gasteiger partial charge < -0.3 is 9.47 Å². The van der Waals surface area contributed by atoms with Crippen molar-refractivity contribution in [2.24, 2.45) is 5.41 Å². The molecular weight excluding hydrogens is 268 g/mol. The van der Waals surface area contributed by atoms with Crippen LogP contribution in [-0.4, -0.2) is 25.0 Å². The molecule has 1 aromatic rings. The van der Waals surface area contributed by atoms with Crippen LogP contribution in [0.5, 0.6) is 5.75 Å². The molecule has 0 aliphatic rings. The molecule has 0 aliphatic carbocycles. The number of ether oxygens (including phenoxy) is 2. The fraction of sp³-hybridized carbons (Fsp3) is 0.412. The van der Waals surface area contributed by atoms with Crippen LogP contribution in [0.25, 0.3) is 0 Å². The number of rotatable bonds is 8. The number of Topliss-reactive ketones (excluding diaryl/α,β-unsaturated/α-hetero) is 1. The Labute approximate surface area is 125 Å². The first-order valence-corrected chi connectivity index (χ1v) is 6.95. The second-order valence-electron chi connectivity index (χ2n) is 5.16. The maximum atomic E-state index is 12.2. The number of para-hydroxylation sites is 1. The van der Waals surface area contributed by atoms with Crippen LogP contribution in [0.4, 0.5) is 0 Å². The van der Waals surface area contributed by atoms with E-state index in [1.807, 2.05) is 18.2 Å². The molecule has 114 valence electrons. The van der Waals surface area contributed by atoms with Crippen molar-refractivity contribution in [3.63, 3.8) is 0 Å². The first-order valence-electron chi connectivity index (χ1n) is 6.95. The highest BCUT2D eigenvalue weighted by atomic mass is 16.5. The molecule has 0 radical (unpaired) electrons. The zero-order valence-corrected chi connectivity index (χ0v) is 12.8. The van der Waals surface area contributed by atoms with Gasteiger partial charge in [0.25, 0.3) is 0 Å². The number of ketones is 1. The van der Waals surface area contributed by atoms with E-state index in [0.717, 1.165) is 5.56 Å². The lowest BCUT2D eigenvalue weighted by Gasteiger charge is -2.21. The lowest BCUT2D eigenvalue weighted by Crippen LogP contribution is -2.38. The number of benzene rings is 1. The van der Waals surface area contributed by atoms with Crippen LogP contribution in [0, 0.1) is 5.41 Å². The van der Waals surface area contributed by atoms with Crippen molar-refractivity contribution in [1.82, 2.24) is 0 Å². The van der Waals surface area contributed by atoms with E-state index < -0.39 is 11.4 Å². The van der Waals surface area contributed by atoms with Gasteiger partial charge in [-0.3, -0.25) is 9.59 Å². The highest BCUT2D eigenvalue weighted by Gasteiger charge is 2.37. The molecule has 0 bridgehead atoms. The zero-order chi connectivity index (χ0) is 15.9. The van der Waals surface area contributed by atoms with E-state index in [9.17, 15) is 9.59 Å². The summed E-state index contributed by atoms with van der Waals surface area (Å²) >= 11 is 0. The van der Waals surface area contributed by atoms with Crippen molar-refractivity contribution in [3.05, 3.63) is 42.5 Å². The van der Waals surface area contributed by atoms with Crippen molar-refractivity contribution >= 4 is 11.8 Å². The molecule has 0 fully saturated rings. The predicted octanol–water partition coefficient (Wildman–Crippen LogP) is 2.95. The van der Waals surface area contributed by atoms with Crippen molar-refractivity contribution in [2.75, 3.05) is 13.2 Å². The summed E-state index contributed by atoms with van der Waals surface area (Å²) in [5.41, 5.74) is -0.252. The van der Waals surface area contributed by atoms with Gasteiger partial charge in [0.05, 0.1) is 6.61 Å². The van der Waals surface area contributed by atoms with Gasteiger partial charge in [-0.1, -0.05) is 24.3 Å². The third kappa shape index (κ3) is 4.45. The molecular formula is C17H22O4. The van der Waals surface area contributed by atoms with Gasteiger partial charge in [-0.15, -0.1) is 6.58 Å². The van der Waals surface area contributed by atoms with E-state index in [1.54, 1.807) is 32.9 Å². The van der Waals surface area contributed by atoms with Gasteiger partial charge in [-0.05, 0) is 38.8 Å². The molecule has 21 heavy (non-hydrogen) atoms. The average molecular weight is 290 g/mol. The van der Waals surface area contributed by atoms with Gasteiger partial charge in [0.1, 0.15) is 17.8 Å². The van der Waals surface area contributed by atoms with Crippen molar-refractivity contribution in [3.8, 4) is 5.75 Å². The van der Waals surface area contributed by atoms with Crippen molar-refractivity contribution in [2.45, 2.75) is 27.2 Å². The first-order chi connectivity index (χ1) is 9.93. The zero-order valence-electron chi connectivity index (χ0n) is 12.8. The van der Waals surface area contributed by atoms with Crippen LogP contribution in [0.1, 0.15) is 26.3 Å². The summed E-state index contributed by atoms with van der Waals surface area (Å²) in [5.74, 6) is -0.210.